The molecule has 0 aromatic rings. The van der Waals surface area contributed by atoms with E-state index in [2.05, 4.69) is 0 Å². The molecule has 0 heterocycles. The molecule has 0 rings (SSSR count). The number of methoxy groups -OCH3 is 2. The zero-order valence-corrected chi connectivity index (χ0v) is 18.5. The highest BCUT2D eigenvalue weighted by Gasteiger charge is 2.10. The Hall–Kier alpha value is -1.06. The minimum absolute atomic E-state index is 0.0276. The van der Waals surface area contributed by atoms with Crippen LogP contribution in [-0.2, 0) is 38.0 Å². The molecule has 0 saturated heterocycles. The van der Waals surface area contributed by atoms with Crippen LogP contribution in [0.2, 0.25) is 0 Å². The second-order valence-electron chi connectivity index (χ2n) is 6.47. The van der Waals surface area contributed by atoms with Crippen LogP contribution in [0.4, 0.5) is 0 Å². The topological polar surface area (TPSA) is 89.5 Å². The molecule has 168 valence electrons. The number of Topliss-reactive ketones (excluding diaryl/α,β-unsaturated/α-hetero) is 1. The fraction of sp³-hybridized carbons (Fsp3) is 0.900. The van der Waals surface area contributed by atoms with E-state index >= 15 is 0 Å². The lowest BCUT2D eigenvalue weighted by Gasteiger charge is -2.07. The van der Waals surface area contributed by atoms with Gasteiger partial charge in [0.2, 0.25) is 0 Å². The van der Waals surface area contributed by atoms with Gasteiger partial charge in [-0.15, -0.1) is 0 Å². The average molecular weight is 409 g/mol. The number of ether oxygens (including phenoxy) is 6. The maximum atomic E-state index is 11.2. The summed E-state index contributed by atoms with van der Waals surface area (Å²) in [5.74, 6) is -0.298. The van der Waals surface area contributed by atoms with Gasteiger partial charge in [0.25, 0.3) is 0 Å². The van der Waals surface area contributed by atoms with Crippen molar-refractivity contribution in [2.45, 2.75) is 46.6 Å². The van der Waals surface area contributed by atoms with Crippen LogP contribution in [0.3, 0.4) is 0 Å². The van der Waals surface area contributed by atoms with Crippen molar-refractivity contribution in [3.05, 3.63) is 0 Å². The molecule has 0 bridgehead atoms. The maximum absolute atomic E-state index is 11.2. The largest absolute Gasteiger partial charge is 0.463 e. The third-order valence-corrected chi connectivity index (χ3v) is 3.25. The minimum Gasteiger partial charge on any atom is -0.463 e. The summed E-state index contributed by atoms with van der Waals surface area (Å²) in [6, 6.07) is 0. The van der Waals surface area contributed by atoms with Gasteiger partial charge in [-0.3, -0.25) is 9.59 Å². The van der Waals surface area contributed by atoms with E-state index in [9.17, 15) is 9.59 Å². The van der Waals surface area contributed by atoms with E-state index in [4.69, 9.17) is 28.4 Å². The molecular formula is C20H40O8. The molecule has 0 unspecified atom stereocenters. The van der Waals surface area contributed by atoms with E-state index < -0.39 is 0 Å². The Morgan fingerprint density at radius 1 is 0.679 bits per heavy atom. The molecule has 0 spiro atoms. The Labute approximate surface area is 170 Å². The lowest BCUT2D eigenvalue weighted by atomic mass is 10.1. The van der Waals surface area contributed by atoms with Crippen molar-refractivity contribution >= 4 is 11.8 Å². The number of esters is 1. The molecule has 28 heavy (non-hydrogen) atoms. The first-order chi connectivity index (χ1) is 13.3. The molecule has 0 aromatic heterocycles. The van der Waals surface area contributed by atoms with Crippen molar-refractivity contribution in [3.63, 3.8) is 0 Å². The molecule has 0 N–H and O–H groups in total. The minimum atomic E-state index is -0.352. The predicted molar refractivity (Wildman–Crippen MR) is 107 cm³/mol. The number of carbonyl (C=O) groups excluding carboxylic acids is 2. The summed E-state index contributed by atoms with van der Waals surface area (Å²) in [5.41, 5.74) is 0. The lowest BCUT2D eigenvalue weighted by molar-refractivity contribution is -0.146. The summed E-state index contributed by atoms with van der Waals surface area (Å²) >= 11 is 0. The molecular weight excluding hydrogens is 368 g/mol. The summed E-state index contributed by atoms with van der Waals surface area (Å²) < 4.78 is 30.0. The molecule has 0 radical (unpaired) electrons. The Morgan fingerprint density at radius 3 is 1.64 bits per heavy atom. The smallest absolute Gasteiger partial charge is 0.306 e. The van der Waals surface area contributed by atoms with Crippen molar-refractivity contribution in [3.8, 4) is 0 Å². The first-order valence-corrected chi connectivity index (χ1v) is 9.78. The van der Waals surface area contributed by atoms with Crippen molar-refractivity contribution in [2.24, 2.45) is 5.92 Å². The third-order valence-electron chi connectivity index (χ3n) is 3.25. The fourth-order valence-electron chi connectivity index (χ4n) is 1.63. The SMILES string of the molecule is COCCOCCOC(=O)CCC(=O)C(C)C.COCCOCCOC(C)C. The van der Waals surface area contributed by atoms with Crippen LogP contribution in [0.5, 0.6) is 0 Å². The Bertz CT molecular complexity index is 358. The molecule has 0 amide bonds. The van der Waals surface area contributed by atoms with Gasteiger partial charge in [-0.05, 0) is 13.8 Å². The van der Waals surface area contributed by atoms with Gasteiger partial charge in [-0.1, -0.05) is 13.8 Å². The van der Waals surface area contributed by atoms with E-state index in [0.29, 0.717) is 52.4 Å². The molecule has 0 aliphatic carbocycles. The Balaban J connectivity index is 0. The van der Waals surface area contributed by atoms with Crippen molar-refractivity contribution < 1.29 is 38.0 Å². The number of rotatable bonds is 17. The van der Waals surface area contributed by atoms with Gasteiger partial charge in [-0.25, -0.2) is 0 Å². The first-order valence-electron chi connectivity index (χ1n) is 9.78. The van der Waals surface area contributed by atoms with Gasteiger partial charge in [0.05, 0.1) is 58.8 Å². The van der Waals surface area contributed by atoms with Crippen LogP contribution in [-0.4, -0.2) is 84.9 Å². The highest BCUT2D eigenvalue weighted by molar-refractivity contribution is 5.84. The monoisotopic (exact) mass is 408 g/mol. The van der Waals surface area contributed by atoms with Crippen LogP contribution < -0.4 is 0 Å². The maximum Gasteiger partial charge on any atom is 0.306 e. The van der Waals surface area contributed by atoms with Crippen molar-refractivity contribution in [1.29, 1.82) is 0 Å². The number of hydrogen-bond donors (Lipinski definition) is 0. The number of hydrogen-bond acceptors (Lipinski definition) is 8. The van der Waals surface area contributed by atoms with Crippen LogP contribution >= 0.6 is 0 Å². The van der Waals surface area contributed by atoms with E-state index in [0.717, 1.165) is 0 Å². The standard InChI is InChI=1S/C12H22O5.C8H18O3/c1-10(2)11(13)4-5-12(14)17-9-8-16-7-6-15-3;1-8(2)11-7-6-10-5-4-9-3/h10H,4-9H2,1-3H3;8H,4-7H2,1-3H3. The van der Waals surface area contributed by atoms with Crippen LogP contribution in [0.1, 0.15) is 40.5 Å². The molecule has 0 saturated carbocycles. The van der Waals surface area contributed by atoms with E-state index in [1.54, 1.807) is 14.2 Å². The first kappa shape index (κ1) is 29.1. The molecule has 0 fully saturated rings. The normalized spacial score (nSPS) is 10.7. The number of carbonyl (C=O) groups is 2. The third kappa shape index (κ3) is 24.9. The van der Waals surface area contributed by atoms with Gasteiger partial charge in [0, 0.05) is 26.6 Å². The summed E-state index contributed by atoms with van der Waals surface area (Å²) in [4.78, 5) is 22.5. The van der Waals surface area contributed by atoms with Crippen molar-refractivity contribution in [1.82, 2.24) is 0 Å². The summed E-state index contributed by atoms with van der Waals surface area (Å²) in [5, 5.41) is 0. The molecule has 8 heteroatoms. The van der Waals surface area contributed by atoms with Gasteiger partial charge < -0.3 is 28.4 Å². The zero-order valence-electron chi connectivity index (χ0n) is 18.5. The summed E-state index contributed by atoms with van der Waals surface area (Å²) in [6.45, 7) is 11.9. The van der Waals surface area contributed by atoms with E-state index in [1.165, 1.54) is 0 Å². The van der Waals surface area contributed by atoms with Gasteiger partial charge in [0.1, 0.15) is 12.4 Å². The average Bonchev–Trinajstić information content (AvgIpc) is 2.65. The quantitative estimate of drug-likeness (QED) is 0.267. The Kier molecular flexibility index (Phi) is 23.1. The molecule has 0 aliphatic heterocycles. The summed E-state index contributed by atoms with van der Waals surface area (Å²) in [7, 11) is 3.25. The second kappa shape index (κ2) is 22.2. The van der Waals surface area contributed by atoms with Gasteiger partial charge in [0.15, 0.2) is 0 Å². The molecule has 8 nitrogen and oxygen atoms in total. The highest BCUT2D eigenvalue weighted by atomic mass is 16.6. The Morgan fingerprint density at radius 2 is 1.18 bits per heavy atom. The fourth-order valence-corrected chi connectivity index (χ4v) is 1.63. The molecule has 0 aromatic carbocycles. The predicted octanol–water partition coefficient (Wildman–Crippen LogP) is 2.27. The van der Waals surface area contributed by atoms with Crippen LogP contribution in [0.15, 0.2) is 0 Å². The van der Waals surface area contributed by atoms with Crippen LogP contribution in [0, 0.1) is 5.92 Å². The van der Waals surface area contributed by atoms with Crippen LogP contribution in [0.25, 0.3) is 0 Å². The highest BCUT2D eigenvalue weighted by Crippen LogP contribution is 2.02. The molecule has 0 aliphatic rings. The number of ketones is 1. The second-order valence-corrected chi connectivity index (χ2v) is 6.47. The lowest BCUT2D eigenvalue weighted by Crippen LogP contribution is -2.14. The van der Waals surface area contributed by atoms with Gasteiger partial charge >= 0.3 is 5.97 Å². The zero-order chi connectivity index (χ0) is 21.6. The van der Waals surface area contributed by atoms with E-state index in [-0.39, 0.29) is 37.1 Å². The van der Waals surface area contributed by atoms with E-state index in [1.807, 2.05) is 27.7 Å². The molecule has 0 atom stereocenters. The van der Waals surface area contributed by atoms with Gasteiger partial charge in [-0.2, -0.15) is 0 Å². The van der Waals surface area contributed by atoms with Crippen molar-refractivity contribution in [2.75, 3.05) is 67.1 Å². The summed E-state index contributed by atoms with van der Waals surface area (Å²) in [6.07, 6.45) is 0.692.